The fraction of sp³-hybridized carbons (Fsp3) is 0.333. The van der Waals surface area contributed by atoms with E-state index in [1.807, 2.05) is 30.3 Å². The van der Waals surface area contributed by atoms with Crippen LogP contribution in [0.2, 0.25) is 0 Å². The molecular weight excluding hydrogens is 456 g/mol. The largest absolute Gasteiger partial charge is 0.497 e. The number of nitrogens with zero attached hydrogens (tertiary/aromatic N) is 3. The molecule has 1 aliphatic heterocycles. The van der Waals surface area contributed by atoms with Crippen LogP contribution in [0.25, 0.3) is 6.08 Å². The quantitative estimate of drug-likeness (QED) is 0.446. The fourth-order valence-electron chi connectivity index (χ4n) is 3.51. The maximum atomic E-state index is 13.0. The van der Waals surface area contributed by atoms with Crippen LogP contribution in [0, 0.1) is 18.3 Å². The number of carbonyl (C=O) groups is 1. The predicted octanol–water partition coefficient (Wildman–Crippen LogP) is 4.19. The number of methoxy groups -OCH3 is 1. The monoisotopic (exact) mass is 482 g/mol. The minimum absolute atomic E-state index is 0.0557. The molecular formula is C24H26N4O3S2. The number of hydrogen-bond donors (Lipinski definition) is 1. The minimum Gasteiger partial charge on any atom is -0.497 e. The Labute approximate surface area is 203 Å². The van der Waals surface area contributed by atoms with Crippen molar-refractivity contribution < 1.29 is 9.53 Å². The molecule has 0 spiro atoms. The molecule has 2 heterocycles. The van der Waals surface area contributed by atoms with Gasteiger partial charge in [0.1, 0.15) is 27.5 Å². The van der Waals surface area contributed by atoms with Gasteiger partial charge in [0.2, 0.25) is 0 Å². The number of pyridine rings is 1. The van der Waals surface area contributed by atoms with E-state index in [4.69, 9.17) is 17.0 Å². The lowest BCUT2D eigenvalue weighted by Gasteiger charge is -2.18. The normalized spacial score (nSPS) is 14.6. The van der Waals surface area contributed by atoms with Gasteiger partial charge in [-0.05, 0) is 42.7 Å². The van der Waals surface area contributed by atoms with Crippen LogP contribution in [0.5, 0.6) is 5.75 Å². The van der Waals surface area contributed by atoms with Crippen molar-refractivity contribution in [3.63, 3.8) is 0 Å². The molecule has 9 heteroatoms. The smallest absolute Gasteiger partial charge is 0.270 e. The van der Waals surface area contributed by atoms with Crippen LogP contribution in [0.15, 0.2) is 34.0 Å². The highest BCUT2D eigenvalue weighted by Gasteiger charge is 2.32. The van der Waals surface area contributed by atoms with Crippen LogP contribution in [-0.4, -0.2) is 33.3 Å². The lowest BCUT2D eigenvalue weighted by molar-refractivity contribution is -0.122. The van der Waals surface area contributed by atoms with Gasteiger partial charge in [0.15, 0.2) is 0 Å². The van der Waals surface area contributed by atoms with E-state index in [0.29, 0.717) is 39.3 Å². The van der Waals surface area contributed by atoms with E-state index in [1.54, 1.807) is 32.1 Å². The number of rotatable bonds is 8. The number of nitriles is 1. The third-order valence-electron chi connectivity index (χ3n) is 5.50. The molecule has 1 aromatic carbocycles. The van der Waals surface area contributed by atoms with Gasteiger partial charge in [0, 0.05) is 25.7 Å². The van der Waals surface area contributed by atoms with Gasteiger partial charge in [-0.25, -0.2) is 0 Å². The molecule has 1 fully saturated rings. The number of unbranched alkanes of at least 4 members (excludes halogenated alkanes) is 1. The first-order valence-electron chi connectivity index (χ1n) is 10.6. The molecule has 0 saturated carbocycles. The number of nitrogens with one attached hydrogen (secondary N) is 1. The van der Waals surface area contributed by atoms with E-state index in [-0.39, 0.29) is 17.0 Å². The summed E-state index contributed by atoms with van der Waals surface area (Å²) in [6, 6.07) is 9.59. The molecule has 0 aliphatic carbocycles. The van der Waals surface area contributed by atoms with Gasteiger partial charge in [-0.2, -0.15) is 5.26 Å². The molecule has 0 bridgehead atoms. The van der Waals surface area contributed by atoms with Crippen molar-refractivity contribution in [3.8, 4) is 11.8 Å². The van der Waals surface area contributed by atoms with Crippen molar-refractivity contribution in [2.45, 2.75) is 33.2 Å². The number of ether oxygens (including phenoxy) is 1. The zero-order valence-electron chi connectivity index (χ0n) is 19.1. The molecule has 1 N–H and O–H groups in total. The van der Waals surface area contributed by atoms with E-state index < -0.39 is 0 Å². The molecule has 172 valence electrons. The van der Waals surface area contributed by atoms with Crippen LogP contribution in [0.3, 0.4) is 0 Å². The molecule has 0 unspecified atom stereocenters. The Morgan fingerprint density at radius 3 is 2.58 bits per heavy atom. The molecule has 1 aromatic heterocycles. The molecule has 2 aromatic rings. The lowest BCUT2D eigenvalue weighted by atomic mass is 10.0. The summed E-state index contributed by atoms with van der Waals surface area (Å²) in [7, 11) is 3.22. The molecule has 0 radical (unpaired) electrons. The van der Waals surface area contributed by atoms with Gasteiger partial charge < -0.3 is 10.1 Å². The highest BCUT2D eigenvalue weighted by Crippen LogP contribution is 2.35. The van der Waals surface area contributed by atoms with Crippen molar-refractivity contribution in [1.82, 2.24) is 9.47 Å². The number of thioether (sulfide) groups is 1. The first-order chi connectivity index (χ1) is 15.8. The van der Waals surface area contributed by atoms with Gasteiger partial charge in [-0.1, -0.05) is 49.5 Å². The molecule has 0 atom stereocenters. The number of anilines is 1. The Hall–Kier alpha value is -3.09. The fourth-order valence-corrected chi connectivity index (χ4v) is 4.80. The van der Waals surface area contributed by atoms with Gasteiger partial charge >= 0.3 is 0 Å². The third-order valence-corrected chi connectivity index (χ3v) is 6.88. The minimum atomic E-state index is -0.389. The van der Waals surface area contributed by atoms with Crippen LogP contribution in [0.1, 0.15) is 42.0 Å². The van der Waals surface area contributed by atoms with E-state index >= 15 is 0 Å². The maximum Gasteiger partial charge on any atom is 0.270 e. The summed E-state index contributed by atoms with van der Waals surface area (Å²) in [4.78, 5) is 27.8. The summed E-state index contributed by atoms with van der Waals surface area (Å²) >= 11 is 6.66. The van der Waals surface area contributed by atoms with E-state index in [1.165, 1.54) is 16.3 Å². The predicted molar refractivity (Wildman–Crippen MR) is 136 cm³/mol. The standard InChI is InChI=1S/C24H26N4O3S2/c1-5-6-11-28-23(30)20(33-24(28)32)12-18-15(2)19(13-25)22(29)27(3)21(18)26-14-16-7-9-17(31-4)10-8-16/h7-10,12,26H,5-6,11,14H2,1-4H3/b20-12+. The Morgan fingerprint density at radius 1 is 1.27 bits per heavy atom. The Morgan fingerprint density at radius 2 is 1.97 bits per heavy atom. The number of carbonyl (C=O) groups excluding carboxylic acids is 1. The van der Waals surface area contributed by atoms with Crippen LogP contribution >= 0.6 is 24.0 Å². The zero-order chi connectivity index (χ0) is 24.1. The lowest BCUT2D eigenvalue weighted by Crippen LogP contribution is -2.29. The summed E-state index contributed by atoms with van der Waals surface area (Å²) in [5.74, 6) is 1.14. The van der Waals surface area contributed by atoms with Gasteiger partial charge in [-0.3, -0.25) is 19.1 Å². The van der Waals surface area contributed by atoms with E-state index in [9.17, 15) is 14.9 Å². The third kappa shape index (κ3) is 5.13. The van der Waals surface area contributed by atoms with Crippen molar-refractivity contribution >= 4 is 46.1 Å². The second-order valence-corrected chi connectivity index (χ2v) is 9.30. The van der Waals surface area contributed by atoms with Crippen molar-refractivity contribution in [3.05, 3.63) is 61.8 Å². The molecule has 1 saturated heterocycles. The number of hydrogen-bond acceptors (Lipinski definition) is 7. The Kier molecular flexibility index (Phi) is 7.95. The number of thiocarbonyl (C=S) groups is 1. The van der Waals surface area contributed by atoms with Crippen molar-refractivity contribution in [2.75, 3.05) is 19.0 Å². The second kappa shape index (κ2) is 10.7. The highest BCUT2D eigenvalue weighted by molar-refractivity contribution is 8.26. The maximum absolute atomic E-state index is 13.0. The first kappa shape index (κ1) is 24.6. The molecule has 33 heavy (non-hydrogen) atoms. The zero-order valence-corrected chi connectivity index (χ0v) is 20.7. The number of amides is 1. The summed E-state index contributed by atoms with van der Waals surface area (Å²) in [5.41, 5.74) is 1.80. The average Bonchev–Trinajstić information content (AvgIpc) is 3.08. The summed E-state index contributed by atoms with van der Waals surface area (Å²) in [6.07, 6.45) is 3.56. The SMILES string of the molecule is CCCCN1C(=O)/C(=C\c2c(C)c(C#N)c(=O)n(C)c2NCc2ccc(OC)cc2)SC1=S. The molecule has 1 amide bonds. The van der Waals surface area contributed by atoms with Gasteiger partial charge in [-0.15, -0.1) is 0 Å². The molecule has 7 nitrogen and oxygen atoms in total. The van der Waals surface area contributed by atoms with Crippen LogP contribution < -0.4 is 15.6 Å². The second-order valence-electron chi connectivity index (χ2n) is 7.63. The van der Waals surface area contributed by atoms with Gasteiger partial charge in [0.05, 0.1) is 12.0 Å². The number of aromatic nitrogens is 1. The number of benzene rings is 1. The summed E-state index contributed by atoms with van der Waals surface area (Å²) < 4.78 is 7.14. The van der Waals surface area contributed by atoms with Crippen molar-refractivity contribution in [1.29, 1.82) is 5.26 Å². The molecule has 1 aliphatic rings. The summed E-state index contributed by atoms with van der Waals surface area (Å²) in [5, 5.41) is 12.9. The first-order valence-corrected chi connectivity index (χ1v) is 11.8. The Bertz CT molecular complexity index is 1210. The summed E-state index contributed by atoms with van der Waals surface area (Å²) in [6.45, 7) is 4.81. The van der Waals surface area contributed by atoms with Crippen molar-refractivity contribution in [2.24, 2.45) is 7.05 Å². The topological polar surface area (TPSA) is 87.4 Å². The van der Waals surface area contributed by atoms with E-state index in [0.717, 1.165) is 24.2 Å². The van der Waals surface area contributed by atoms with Gasteiger partial charge in [0.25, 0.3) is 11.5 Å². The Balaban J connectivity index is 2.02. The highest BCUT2D eigenvalue weighted by atomic mass is 32.2. The van der Waals surface area contributed by atoms with Crippen LogP contribution in [0.4, 0.5) is 5.82 Å². The molecule has 3 rings (SSSR count). The van der Waals surface area contributed by atoms with E-state index in [2.05, 4.69) is 12.2 Å². The average molecular weight is 483 g/mol. The van der Waals surface area contributed by atoms with Crippen LogP contribution in [-0.2, 0) is 18.4 Å².